The van der Waals surface area contributed by atoms with Gasteiger partial charge in [-0.1, -0.05) is 24.4 Å². The number of carbonyl (C=O) groups is 1. The number of aldehydes is 1. The summed E-state index contributed by atoms with van der Waals surface area (Å²) in [6.45, 7) is 0.925. The van der Waals surface area contributed by atoms with E-state index in [1.165, 1.54) is 32.0 Å². The molecule has 2 rings (SSSR count). The monoisotopic (exact) mass is 253 g/mol. The zero-order chi connectivity index (χ0) is 12.3. The molecule has 1 aromatic heterocycles. The van der Waals surface area contributed by atoms with Crippen LogP contribution in [0.5, 0.6) is 0 Å². The van der Waals surface area contributed by atoms with E-state index < -0.39 is 0 Å². The molecule has 0 N–H and O–H groups in total. The summed E-state index contributed by atoms with van der Waals surface area (Å²) < 4.78 is 0. The van der Waals surface area contributed by atoms with Crippen LogP contribution in [0.2, 0.25) is 5.15 Å². The minimum absolute atomic E-state index is 0.225. The first-order chi connectivity index (χ1) is 8.22. The second-order valence-corrected chi connectivity index (χ2v) is 4.91. The van der Waals surface area contributed by atoms with Crippen LogP contribution in [-0.2, 0) is 0 Å². The molecule has 1 fully saturated rings. The van der Waals surface area contributed by atoms with E-state index in [0.717, 1.165) is 12.8 Å². The number of nitrogens with zero attached hydrogens (tertiary/aromatic N) is 3. The second-order valence-electron chi connectivity index (χ2n) is 4.55. The molecule has 5 heteroatoms. The normalized spacial score (nSPS) is 16.1. The van der Waals surface area contributed by atoms with Crippen LogP contribution in [0.15, 0.2) is 6.33 Å². The molecule has 1 heterocycles. The van der Waals surface area contributed by atoms with Crippen molar-refractivity contribution >= 4 is 23.7 Å². The summed E-state index contributed by atoms with van der Waals surface area (Å²) >= 11 is 5.88. The lowest BCUT2D eigenvalue weighted by molar-refractivity contribution is 0.112. The summed E-state index contributed by atoms with van der Waals surface area (Å²) in [6, 6.07) is 0. The smallest absolute Gasteiger partial charge is 0.156 e. The van der Waals surface area contributed by atoms with Crippen molar-refractivity contribution in [2.45, 2.75) is 25.7 Å². The lowest BCUT2D eigenvalue weighted by Gasteiger charge is -2.23. The molecule has 0 unspecified atom stereocenters. The molecule has 0 bridgehead atoms. The maximum Gasteiger partial charge on any atom is 0.156 e. The Labute approximate surface area is 106 Å². The number of carbonyl (C=O) groups excluding carboxylic acids is 1. The molecule has 92 valence electrons. The quantitative estimate of drug-likeness (QED) is 0.611. The Kier molecular flexibility index (Phi) is 3.94. The van der Waals surface area contributed by atoms with Gasteiger partial charge in [-0.15, -0.1) is 0 Å². The van der Waals surface area contributed by atoms with Gasteiger partial charge < -0.3 is 4.90 Å². The van der Waals surface area contributed by atoms with Crippen molar-refractivity contribution in [3.8, 4) is 0 Å². The van der Waals surface area contributed by atoms with Crippen molar-refractivity contribution < 1.29 is 4.79 Å². The third-order valence-corrected chi connectivity index (χ3v) is 3.60. The van der Waals surface area contributed by atoms with Gasteiger partial charge in [-0.2, -0.15) is 0 Å². The topological polar surface area (TPSA) is 46.1 Å². The number of hydrogen-bond donors (Lipinski definition) is 0. The molecule has 17 heavy (non-hydrogen) atoms. The minimum Gasteiger partial charge on any atom is -0.359 e. The standard InChI is InChI=1S/C12H16ClN3O/c1-16(6-9-4-2-3-5-9)12-10(7-17)11(13)14-8-15-12/h7-9H,2-6H2,1H3. The van der Waals surface area contributed by atoms with Crippen molar-refractivity contribution in [1.29, 1.82) is 0 Å². The molecule has 1 saturated carbocycles. The number of anilines is 1. The van der Waals surface area contributed by atoms with E-state index in [2.05, 4.69) is 9.97 Å². The molecule has 0 amide bonds. The molecule has 0 atom stereocenters. The zero-order valence-electron chi connectivity index (χ0n) is 9.90. The Morgan fingerprint density at radius 1 is 1.47 bits per heavy atom. The van der Waals surface area contributed by atoms with Gasteiger partial charge in [-0.25, -0.2) is 9.97 Å². The summed E-state index contributed by atoms with van der Waals surface area (Å²) in [6.07, 6.45) is 7.27. The van der Waals surface area contributed by atoms with E-state index in [4.69, 9.17) is 11.6 Å². The van der Waals surface area contributed by atoms with Crippen LogP contribution in [0.3, 0.4) is 0 Å². The summed E-state index contributed by atoms with van der Waals surface area (Å²) in [4.78, 5) is 21.0. The molecule has 1 aliphatic carbocycles. The SMILES string of the molecule is CN(CC1CCCC1)c1ncnc(Cl)c1C=O. The number of hydrogen-bond acceptors (Lipinski definition) is 4. The fourth-order valence-electron chi connectivity index (χ4n) is 2.44. The van der Waals surface area contributed by atoms with Crippen LogP contribution < -0.4 is 4.90 Å². The molecule has 0 saturated heterocycles. The molecule has 0 aliphatic heterocycles. The first-order valence-electron chi connectivity index (χ1n) is 5.89. The summed E-state index contributed by atoms with van der Waals surface area (Å²) in [5.74, 6) is 1.33. The highest BCUT2D eigenvalue weighted by molar-refractivity contribution is 6.32. The van der Waals surface area contributed by atoms with E-state index in [9.17, 15) is 4.79 Å². The van der Waals surface area contributed by atoms with Crippen LogP contribution in [0, 0.1) is 5.92 Å². The highest BCUT2D eigenvalue weighted by atomic mass is 35.5. The maximum absolute atomic E-state index is 11.0. The van der Waals surface area contributed by atoms with Gasteiger partial charge in [-0.3, -0.25) is 4.79 Å². The fraction of sp³-hybridized carbons (Fsp3) is 0.583. The number of aromatic nitrogens is 2. The highest BCUT2D eigenvalue weighted by Gasteiger charge is 2.20. The largest absolute Gasteiger partial charge is 0.359 e. The molecule has 0 spiro atoms. The van der Waals surface area contributed by atoms with Crippen molar-refractivity contribution in [3.05, 3.63) is 17.0 Å². The summed E-state index contributed by atoms with van der Waals surface area (Å²) in [5.41, 5.74) is 0.384. The summed E-state index contributed by atoms with van der Waals surface area (Å²) in [5, 5.41) is 0.225. The number of halogens is 1. The van der Waals surface area contributed by atoms with Gasteiger partial charge in [0.2, 0.25) is 0 Å². The molecule has 0 aromatic carbocycles. The van der Waals surface area contributed by atoms with Crippen LogP contribution in [0.4, 0.5) is 5.82 Å². The van der Waals surface area contributed by atoms with Gasteiger partial charge >= 0.3 is 0 Å². The van der Waals surface area contributed by atoms with Crippen molar-refractivity contribution in [1.82, 2.24) is 9.97 Å². The van der Waals surface area contributed by atoms with Crippen molar-refractivity contribution in [2.75, 3.05) is 18.5 Å². The Bertz CT molecular complexity index is 405. The molecule has 4 nitrogen and oxygen atoms in total. The minimum atomic E-state index is 0.225. The highest BCUT2D eigenvalue weighted by Crippen LogP contribution is 2.27. The van der Waals surface area contributed by atoms with Gasteiger partial charge in [0.05, 0.1) is 5.56 Å². The Balaban J connectivity index is 2.14. The molecule has 0 radical (unpaired) electrons. The Morgan fingerprint density at radius 3 is 2.82 bits per heavy atom. The summed E-state index contributed by atoms with van der Waals surface area (Å²) in [7, 11) is 1.95. The van der Waals surface area contributed by atoms with Crippen LogP contribution in [0.1, 0.15) is 36.0 Å². The third kappa shape index (κ3) is 2.75. The van der Waals surface area contributed by atoms with Crippen LogP contribution in [0.25, 0.3) is 0 Å². The van der Waals surface area contributed by atoms with Gasteiger partial charge in [0.15, 0.2) is 6.29 Å². The van der Waals surface area contributed by atoms with E-state index in [1.807, 2.05) is 11.9 Å². The van der Waals surface area contributed by atoms with E-state index in [1.54, 1.807) is 0 Å². The zero-order valence-corrected chi connectivity index (χ0v) is 10.7. The van der Waals surface area contributed by atoms with E-state index >= 15 is 0 Å². The Morgan fingerprint density at radius 2 is 2.18 bits per heavy atom. The third-order valence-electron chi connectivity index (χ3n) is 3.30. The van der Waals surface area contributed by atoms with Crippen molar-refractivity contribution in [2.24, 2.45) is 5.92 Å². The van der Waals surface area contributed by atoms with Crippen LogP contribution >= 0.6 is 11.6 Å². The van der Waals surface area contributed by atoms with Crippen LogP contribution in [-0.4, -0.2) is 29.8 Å². The van der Waals surface area contributed by atoms with Gasteiger partial charge in [0.25, 0.3) is 0 Å². The molecule has 1 aliphatic rings. The second kappa shape index (κ2) is 5.45. The predicted octanol–water partition coefficient (Wildman–Crippen LogP) is 2.57. The van der Waals surface area contributed by atoms with Gasteiger partial charge in [-0.05, 0) is 18.8 Å². The lowest BCUT2D eigenvalue weighted by atomic mass is 10.1. The van der Waals surface area contributed by atoms with Gasteiger partial charge in [0, 0.05) is 13.6 Å². The average molecular weight is 254 g/mol. The van der Waals surface area contributed by atoms with Crippen molar-refractivity contribution in [3.63, 3.8) is 0 Å². The maximum atomic E-state index is 11.0. The molecular formula is C12H16ClN3O. The number of rotatable bonds is 4. The predicted molar refractivity (Wildman–Crippen MR) is 67.7 cm³/mol. The first-order valence-corrected chi connectivity index (χ1v) is 6.27. The van der Waals surface area contributed by atoms with Gasteiger partial charge in [0.1, 0.15) is 17.3 Å². The Hall–Kier alpha value is -1.16. The first kappa shape index (κ1) is 12.3. The average Bonchev–Trinajstić information content (AvgIpc) is 2.81. The van der Waals surface area contributed by atoms with E-state index in [0.29, 0.717) is 17.3 Å². The fourth-order valence-corrected chi connectivity index (χ4v) is 2.61. The van der Waals surface area contributed by atoms with E-state index in [-0.39, 0.29) is 5.15 Å². The lowest BCUT2D eigenvalue weighted by Crippen LogP contribution is -2.26. The molecule has 1 aromatic rings. The molecular weight excluding hydrogens is 238 g/mol.